The molecule has 12 heteroatoms. The summed E-state index contributed by atoms with van der Waals surface area (Å²) in [5.74, 6) is -0.166. The molecule has 3 aromatic rings. The van der Waals surface area contributed by atoms with Gasteiger partial charge in [-0.25, -0.2) is 9.78 Å². The lowest BCUT2D eigenvalue weighted by Crippen LogP contribution is -2.38. The number of benzene rings is 1. The minimum Gasteiger partial charge on any atom is -0.458 e. The van der Waals surface area contributed by atoms with Crippen LogP contribution in [0.2, 0.25) is 0 Å². The monoisotopic (exact) mass is 554 g/mol. The summed E-state index contributed by atoms with van der Waals surface area (Å²) >= 11 is 1.11. The van der Waals surface area contributed by atoms with Gasteiger partial charge in [-0.2, -0.15) is 4.98 Å². The third kappa shape index (κ3) is 7.93. The highest BCUT2D eigenvalue weighted by molar-refractivity contribution is 7.17. The molecule has 0 unspecified atom stereocenters. The number of esters is 1. The molecule has 0 saturated heterocycles. The van der Waals surface area contributed by atoms with E-state index in [0.29, 0.717) is 45.0 Å². The lowest BCUT2D eigenvalue weighted by atomic mass is 10.1. The summed E-state index contributed by atoms with van der Waals surface area (Å²) in [6, 6.07) is 6.52. The number of nitrogens with one attached hydrogen (secondary N) is 3. The van der Waals surface area contributed by atoms with Crippen molar-refractivity contribution in [2.45, 2.75) is 70.9 Å². The Morgan fingerprint density at radius 1 is 1.18 bits per heavy atom. The van der Waals surface area contributed by atoms with E-state index >= 15 is 0 Å². The number of hydrogen-bond acceptors (Lipinski definition) is 10. The second kappa shape index (κ2) is 13.4. The molecule has 1 aliphatic rings. The van der Waals surface area contributed by atoms with Gasteiger partial charge in [0.15, 0.2) is 5.13 Å². The Balaban J connectivity index is 1.38. The molecule has 11 nitrogen and oxygen atoms in total. The van der Waals surface area contributed by atoms with E-state index in [1.807, 2.05) is 7.05 Å². The van der Waals surface area contributed by atoms with E-state index in [9.17, 15) is 14.4 Å². The molecule has 2 heterocycles. The minimum atomic E-state index is -0.408. The number of ether oxygens (including phenoxy) is 1. The van der Waals surface area contributed by atoms with Crippen molar-refractivity contribution in [3.8, 4) is 11.4 Å². The highest BCUT2D eigenvalue weighted by atomic mass is 32.1. The highest BCUT2D eigenvalue weighted by Gasteiger charge is 2.25. The molecule has 1 atom stereocenters. The van der Waals surface area contributed by atoms with Crippen LogP contribution in [0.15, 0.2) is 28.8 Å². The van der Waals surface area contributed by atoms with Gasteiger partial charge in [0.25, 0.3) is 5.91 Å². The van der Waals surface area contributed by atoms with Crippen LogP contribution in [0.3, 0.4) is 0 Å². The summed E-state index contributed by atoms with van der Waals surface area (Å²) in [6.07, 6.45) is 5.28. The van der Waals surface area contributed by atoms with Gasteiger partial charge in [-0.1, -0.05) is 28.6 Å². The molecule has 1 aromatic carbocycles. The molecule has 3 N–H and O–H groups in total. The fourth-order valence-corrected chi connectivity index (χ4v) is 5.35. The maximum Gasteiger partial charge on any atom is 0.350 e. The van der Waals surface area contributed by atoms with Crippen LogP contribution in [-0.2, 0) is 9.53 Å². The second-order valence-corrected chi connectivity index (χ2v) is 10.6. The van der Waals surface area contributed by atoms with Crippen LogP contribution in [-0.4, -0.2) is 58.6 Å². The topological polar surface area (TPSA) is 148 Å². The van der Waals surface area contributed by atoms with Crippen molar-refractivity contribution in [2.24, 2.45) is 0 Å². The van der Waals surface area contributed by atoms with Crippen molar-refractivity contribution in [3.05, 3.63) is 46.3 Å². The molecule has 0 spiro atoms. The van der Waals surface area contributed by atoms with Crippen LogP contribution in [0, 0.1) is 13.8 Å². The third-order valence-electron chi connectivity index (χ3n) is 6.46. The SMILES string of the molecule is CNCCC[C@@H](CC(=O)Nc1nc(C)c(C(=O)OC2CCCC2)s1)NC(=O)c1cccc(-c2noc(C)n2)c1. The Kier molecular flexibility index (Phi) is 9.77. The first-order chi connectivity index (χ1) is 18.8. The van der Waals surface area contributed by atoms with Gasteiger partial charge in [0.05, 0.1) is 5.69 Å². The summed E-state index contributed by atoms with van der Waals surface area (Å²) in [7, 11) is 1.85. The van der Waals surface area contributed by atoms with Crippen LogP contribution >= 0.6 is 11.3 Å². The normalized spacial score (nSPS) is 14.2. The Hall–Kier alpha value is -3.64. The second-order valence-electron chi connectivity index (χ2n) is 9.63. The Morgan fingerprint density at radius 2 is 1.97 bits per heavy atom. The van der Waals surface area contributed by atoms with Gasteiger partial charge in [0, 0.05) is 30.5 Å². The van der Waals surface area contributed by atoms with Gasteiger partial charge in [0.2, 0.25) is 17.6 Å². The number of nitrogens with zero attached hydrogens (tertiary/aromatic N) is 3. The molecule has 0 radical (unpaired) electrons. The smallest absolute Gasteiger partial charge is 0.350 e. The Morgan fingerprint density at radius 3 is 2.69 bits per heavy atom. The summed E-state index contributed by atoms with van der Waals surface area (Å²) in [4.78, 5) is 47.6. The standard InChI is InChI=1S/C27H34N6O5S/c1-16-23(26(36)37-21-11-4-5-12-21)39-27(29-16)32-22(34)15-20(10-7-13-28-3)31-25(35)19-9-6-8-18(14-19)24-30-17(2)38-33-24/h6,8-9,14,20-21,28H,4-5,7,10-13,15H2,1-3H3,(H,31,35)(H,29,32,34)/t20-/m0/s1. The maximum absolute atomic E-state index is 13.1. The highest BCUT2D eigenvalue weighted by Crippen LogP contribution is 2.27. The van der Waals surface area contributed by atoms with Crippen LogP contribution < -0.4 is 16.0 Å². The Labute approximate surface area is 231 Å². The molecule has 2 amide bonds. The van der Waals surface area contributed by atoms with Crippen LogP contribution in [0.4, 0.5) is 5.13 Å². The first kappa shape index (κ1) is 28.4. The largest absolute Gasteiger partial charge is 0.458 e. The number of carbonyl (C=O) groups excluding carboxylic acids is 3. The van der Waals surface area contributed by atoms with Crippen LogP contribution in [0.25, 0.3) is 11.4 Å². The number of rotatable bonds is 12. The molecular weight excluding hydrogens is 520 g/mol. The lowest BCUT2D eigenvalue weighted by Gasteiger charge is -2.18. The summed E-state index contributed by atoms with van der Waals surface area (Å²) in [6.45, 7) is 4.17. The van der Waals surface area contributed by atoms with E-state index in [-0.39, 0.29) is 24.3 Å². The number of carbonyl (C=O) groups is 3. The van der Waals surface area contributed by atoms with Gasteiger partial charge in [-0.3, -0.25) is 9.59 Å². The van der Waals surface area contributed by atoms with Crippen molar-refractivity contribution < 1.29 is 23.6 Å². The molecule has 208 valence electrons. The zero-order valence-corrected chi connectivity index (χ0v) is 23.2. The average molecular weight is 555 g/mol. The van der Waals surface area contributed by atoms with Crippen molar-refractivity contribution in [1.82, 2.24) is 25.8 Å². The maximum atomic E-state index is 13.1. The van der Waals surface area contributed by atoms with E-state index in [1.54, 1.807) is 38.1 Å². The van der Waals surface area contributed by atoms with Gasteiger partial charge in [-0.05, 0) is 71.2 Å². The van der Waals surface area contributed by atoms with Crippen LogP contribution in [0.5, 0.6) is 0 Å². The molecule has 1 saturated carbocycles. The van der Waals surface area contributed by atoms with E-state index in [4.69, 9.17) is 9.26 Å². The van der Waals surface area contributed by atoms with Gasteiger partial charge in [-0.15, -0.1) is 0 Å². The first-order valence-corrected chi connectivity index (χ1v) is 14.0. The lowest BCUT2D eigenvalue weighted by molar-refractivity contribution is -0.116. The quantitative estimate of drug-likeness (QED) is 0.223. The van der Waals surface area contributed by atoms with Gasteiger partial charge in [0.1, 0.15) is 11.0 Å². The number of hydrogen-bond donors (Lipinski definition) is 3. The first-order valence-electron chi connectivity index (χ1n) is 13.2. The molecule has 2 aromatic heterocycles. The molecule has 39 heavy (non-hydrogen) atoms. The predicted octanol–water partition coefficient (Wildman–Crippen LogP) is 4.04. The van der Waals surface area contributed by atoms with E-state index in [1.165, 1.54) is 0 Å². The zero-order chi connectivity index (χ0) is 27.8. The summed E-state index contributed by atoms with van der Waals surface area (Å²) in [5, 5.41) is 13.1. The van der Waals surface area contributed by atoms with Gasteiger partial charge < -0.3 is 25.2 Å². The molecular formula is C27H34N6O5S. The zero-order valence-electron chi connectivity index (χ0n) is 22.4. The summed E-state index contributed by atoms with van der Waals surface area (Å²) in [5.41, 5.74) is 1.61. The third-order valence-corrected chi connectivity index (χ3v) is 7.51. The molecule has 1 fully saturated rings. The molecule has 1 aliphatic carbocycles. The van der Waals surface area contributed by atoms with E-state index < -0.39 is 12.0 Å². The average Bonchev–Trinajstić information content (AvgIpc) is 3.66. The van der Waals surface area contributed by atoms with E-state index in [2.05, 4.69) is 31.1 Å². The Bertz CT molecular complexity index is 1300. The number of amides is 2. The fourth-order valence-electron chi connectivity index (χ4n) is 4.48. The molecule has 0 bridgehead atoms. The van der Waals surface area contributed by atoms with E-state index in [0.717, 1.165) is 50.0 Å². The van der Waals surface area contributed by atoms with Gasteiger partial charge >= 0.3 is 5.97 Å². The van der Waals surface area contributed by atoms with Crippen molar-refractivity contribution >= 4 is 34.3 Å². The fraction of sp³-hybridized carbons (Fsp3) is 0.481. The van der Waals surface area contributed by atoms with Crippen molar-refractivity contribution in [1.29, 1.82) is 0 Å². The minimum absolute atomic E-state index is 0.0453. The van der Waals surface area contributed by atoms with Crippen molar-refractivity contribution in [3.63, 3.8) is 0 Å². The van der Waals surface area contributed by atoms with Crippen molar-refractivity contribution in [2.75, 3.05) is 18.9 Å². The number of thiazole rings is 1. The molecule has 4 rings (SSSR count). The number of aryl methyl sites for hydroxylation is 2. The number of aromatic nitrogens is 3. The summed E-state index contributed by atoms with van der Waals surface area (Å²) < 4.78 is 10.6. The predicted molar refractivity (Wildman–Crippen MR) is 147 cm³/mol. The number of anilines is 1. The van der Waals surface area contributed by atoms with Crippen LogP contribution in [0.1, 0.15) is 76.6 Å². The molecule has 0 aliphatic heterocycles.